The summed E-state index contributed by atoms with van der Waals surface area (Å²) in [6, 6.07) is 0. The maximum Gasteiger partial charge on any atom is 0.503 e. The van der Waals surface area contributed by atoms with Crippen molar-refractivity contribution in [3.05, 3.63) is 0 Å². The molecule has 0 unspecified atom stereocenters. The summed E-state index contributed by atoms with van der Waals surface area (Å²) in [5, 5.41) is 7.06. The first-order valence-corrected chi connectivity index (χ1v) is 5.43. The Morgan fingerprint density at radius 2 is 1.50 bits per heavy atom. The van der Waals surface area contributed by atoms with Gasteiger partial charge in [-0.15, -0.1) is 0 Å². The van der Waals surface area contributed by atoms with Crippen molar-refractivity contribution >= 4 is 10.4 Å². The molecule has 0 bridgehead atoms. The van der Waals surface area contributed by atoms with Crippen molar-refractivity contribution < 1.29 is 53.9 Å². The largest absolute Gasteiger partial charge is 0.503 e. The second kappa shape index (κ2) is 6.17. The van der Waals surface area contributed by atoms with E-state index in [4.69, 9.17) is 28.5 Å². The summed E-state index contributed by atoms with van der Waals surface area (Å²) in [6.45, 7) is 0. The Morgan fingerprint density at radius 3 is 1.50 bits per heavy atom. The highest BCUT2D eigenvalue weighted by atomic mass is 127. The summed E-state index contributed by atoms with van der Waals surface area (Å²) in [5.41, 5.74) is 0. The maximum atomic E-state index is 9.08. The van der Waals surface area contributed by atoms with Crippen LogP contribution >= 0.6 is 0 Å². The van der Waals surface area contributed by atoms with Crippen molar-refractivity contribution in [3.63, 3.8) is 0 Å². The van der Waals surface area contributed by atoms with Gasteiger partial charge >= 0.3 is 31.5 Å². The highest BCUT2D eigenvalue weighted by Gasteiger charge is 1.97. The van der Waals surface area contributed by atoms with Gasteiger partial charge in [-0.2, -0.15) is 8.42 Å². The minimum absolute atomic E-state index is 2.47. The molecule has 0 aromatic heterocycles. The molecule has 0 aromatic rings. The lowest BCUT2D eigenvalue weighted by Crippen LogP contribution is -3.98. The van der Waals surface area contributed by atoms with E-state index in [1.165, 1.54) is 0 Å². The van der Waals surface area contributed by atoms with Gasteiger partial charge in [0.2, 0.25) is 0 Å². The molecule has 3 N–H and O–H groups in total. The Balaban J connectivity index is 0. The molecule has 8 nitrogen and oxygen atoms in total. The van der Waals surface area contributed by atoms with E-state index in [0.29, 0.717) is 0 Å². The Labute approximate surface area is 64.6 Å². The molecule has 0 radical (unpaired) electrons. The predicted molar refractivity (Wildman–Crippen MR) is 17.5 cm³/mol. The third-order valence-corrected chi connectivity index (χ3v) is 0.283. The Hall–Kier alpha value is 0.440. The zero-order valence-corrected chi connectivity index (χ0v) is 7.14. The molecule has 0 heterocycles. The fourth-order valence-corrected chi connectivity index (χ4v) is 0. The zero-order valence-electron chi connectivity index (χ0n) is 4.17. The van der Waals surface area contributed by atoms with E-state index in [1.807, 2.05) is 0 Å². The van der Waals surface area contributed by atoms with Gasteiger partial charge in [0.05, 0.1) is 0 Å². The lowest BCUT2D eigenvalue weighted by atomic mass is 15.0. The summed E-state index contributed by atoms with van der Waals surface area (Å²) in [4.78, 5) is 0. The molecule has 0 spiro atoms. The summed E-state index contributed by atoms with van der Waals surface area (Å²) in [7, 11) is -4.61. The molecule has 0 amide bonds. The average Bonchev–Trinajstić information content (AvgIpc) is 1.63. The van der Waals surface area contributed by atoms with Gasteiger partial charge in [0, 0.05) is 0 Å². The topological polar surface area (TPSA) is 150 Å². The van der Waals surface area contributed by atoms with Crippen LogP contribution in [0.15, 0.2) is 0 Å². The van der Waals surface area contributed by atoms with Crippen molar-refractivity contribution in [1.82, 2.24) is 0 Å². The van der Waals surface area contributed by atoms with Gasteiger partial charge in [-0.05, 0) is 3.44 Å². The first-order valence-electron chi connectivity index (χ1n) is 1.34. The Bertz CT molecular complexity index is 140. The molecule has 0 saturated carbocycles. The second-order valence-corrected chi connectivity index (χ2v) is 2.86. The molecular formula is H3IO8S. The Kier molecular flexibility index (Phi) is 8.06. The van der Waals surface area contributed by atoms with E-state index in [9.17, 15) is 0 Å². The fraction of sp³-hybridized carbons (Fsp3) is 0. The molecule has 0 rings (SSSR count). The van der Waals surface area contributed by atoms with Crippen molar-refractivity contribution in [2.75, 3.05) is 0 Å². The van der Waals surface area contributed by atoms with Crippen LogP contribution in [0.25, 0.3) is 0 Å². The van der Waals surface area contributed by atoms with Gasteiger partial charge in [-0.3, -0.25) is 4.55 Å². The van der Waals surface area contributed by atoms with E-state index in [2.05, 4.69) is 4.33 Å². The van der Waals surface area contributed by atoms with E-state index in [0.717, 1.165) is 0 Å². The highest BCUT2D eigenvalue weighted by Crippen LogP contribution is 1.74. The summed E-state index contributed by atoms with van der Waals surface area (Å²) in [5.74, 6) is 0. The minimum Gasteiger partial charge on any atom is -0.396 e. The van der Waals surface area contributed by atoms with Crippen LogP contribution in [0.4, 0.5) is 0 Å². The molecule has 0 aliphatic heterocycles. The quantitative estimate of drug-likeness (QED) is 0.187. The SMILES string of the molecule is O=S(=O)(O)OO.[O-][I+2]([O-])O. The lowest BCUT2D eigenvalue weighted by Gasteiger charge is -1.79. The Morgan fingerprint density at radius 1 is 1.40 bits per heavy atom. The van der Waals surface area contributed by atoms with Crippen LogP contribution in [-0.2, 0) is 14.7 Å². The van der Waals surface area contributed by atoms with Crippen molar-refractivity contribution in [2.24, 2.45) is 0 Å². The van der Waals surface area contributed by atoms with Crippen LogP contribution in [-0.4, -0.2) is 21.7 Å². The molecule has 0 saturated heterocycles. The van der Waals surface area contributed by atoms with Crippen LogP contribution < -0.4 is 27.9 Å². The van der Waals surface area contributed by atoms with Crippen LogP contribution in [0.2, 0.25) is 0 Å². The van der Waals surface area contributed by atoms with E-state index >= 15 is 0 Å². The van der Waals surface area contributed by atoms with Crippen LogP contribution in [0.3, 0.4) is 0 Å². The van der Waals surface area contributed by atoms with E-state index in [1.54, 1.807) is 0 Å². The standard InChI is InChI=1S/HIO3.H2O5S/c2-1(3)4;1-5-6(2,3)4/h2H;1H,(H,2,3,4). The molecule has 0 aromatic carbocycles. The van der Waals surface area contributed by atoms with Gasteiger partial charge in [0.15, 0.2) is 0 Å². The van der Waals surface area contributed by atoms with Gasteiger partial charge in [0.25, 0.3) is 0 Å². The molecule has 10 heteroatoms. The highest BCUT2D eigenvalue weighted by molar-refractivity contribution is 7.80. The van der Waals surface area contributed by atoms with Gasteiger partial charge in [-0.25, -0.2) is 5.26 Å². The van der Waals surface area contributed by atoms with Gasteiger partial charge < -0.3 is 6.87 Å². The second-order valence-electron chi connectivity index (χ2n) is 0.703. The van der Waals surface area contributed by atoms with Gasteiger partial charge in [0.1, 0.15) is 0 Å². The van der Waals surface area contributed by atoms with Crippen LogP contribution in [0, 0.1) is 0 Å². The third kappa shape index (κ3) is 39.5. The summed E-state index contributed by atoms with van der Waals surface area (Å²) in [6.07, 6.45) is 0. The number of halogens is 1. The average molecular weight is 290 g/mol. The van der Waals surface area contributed by atoms with Crippen molar-refractivity contribution in [3.8, 4) is 0 Å². The molecule has 0 fully saturated rings. The van der Waals surface area contributed by atoms with Crippen LogP contribution in [0.5, 0.6) is 0 Å². The minimum atomic E-state index is -4.61. The summed E-state index contributed by atoms with van der Waals surface area (Å²) >= 11 is -3.76. The molecule has 0 aliphatic rings. The predicted octanol–water partition coefficient (Wildman–Crippen LogP) is -6.65. The van der Waals surface area contributed by atoms with Crippen molar-refractivity contribution in [1.29, 1.82) is 0 Å². The van der Waals surface area contributed by atoms with E-state index in [-0.39, 0.29) is 0 Å². The first kappa shape index (κ1) is 13.1. The normalized spacial score (nSPS) is 10.6. The molecule has 64 valence electrons. The summed E-state index contributed by atoms with van der Waals surface area (Å²) < 4.78 is 52.4. The molecule has 10 heavy (non-hydrogen) atoms. The van der Waals surface area contributed by atoms with Crippen molar-refractivity contribution in [2.45, 2.75) is 0 Å². The number of rotatable bonds is 1. The van der Waals surface area contributed by atoms with Crippen LogP contribution in [0.1, 0.15) is 0 Å². The van der Waals surface area contributed by atoms with Gasteiger partial charge in [-0.1, -0.05) is 4.33 Å². The molecule has 0 aliphatic carbocycles. The smallest absolute Gasteiger partial charge is 0.396 e. The first-order chi connectivity index (χ1) is 4.29. The zero-order chi connectivity index (χ0) is 8.78. The number of hydrogen-bond donors (Lipinski definition) is 3. The maximum absolute atomic E-state index is 9.08. The molecular weight excluding hydrogens is 287 g/mol. The fourth-order valence-electron chi connectivity index (χ4n) is 0. The molecule has 0 atom stereocenters. The monoisotopic (exact) mass is 290 g/mol. The number of hydrogen-bond acceptors (Lipinski definition) is 7. The lowest BCUT2D eigenvalue weighted by molar-refractivity contribution is -1.63. The van der Waals surface area contributed by atoms with E-state index < -0.39 is 31.5 Å². The third-order valence-electron chi connectivity index (χ3n) is 0.0942.